The Morgan fingerprint density at radius 2 is 2.30 bits per heavy atom. The van der Waals surface area contributed by atoms with E-state index in [1.807, 2.05) is 19.2 Å². The van der Waals surface area contributed by atoms with Crippen molar-refractivity contribution in [3.05, 3.63) is 23.4 Å². The zero-order chi connectivity index (χ0) is 15.5. The Morgan fingerprint density at radius 3 is 2.96 bits per heavy atom. The Balaban J connectivity index is 0.00000192. The molecule has 1 saturated heterocycles. The summed E-state index contributed by atoms with van der Waals surface area (Å²) in [6, 6.07) is 4.13. The van der Waals surface area contributed by atoms with Crippen molar-refractivity contribution in [2.45, 2.75) is 25.8 Å². The molecular formula is C16H25ClIN5. The molecule has 2 fully saturated rings. The van der Waals surface area contributed by atoms with Gasteiger partial charge in [0.2, 0.25) is 0 Å². The fourth-order valence-electron chi connectivity index (χ4n) is 2.98. The summed E-state index contributed by atoms with van der Waals surface area (Å²) >= 11 is 6.23. The largest absolute Gasteiger partial charge is 0.356 e. The van der Waals surface area contributed by atoms with E-state index < -0.39 is 0 Å². The maximum atomic E-state index is 6.23. The van der Waals surface area contributed by atoms with Crippen LogP contribution in [0.1, 0.15) is 19.8 Å². The molecule has 23 heavy (non-hydrogen) atoms. The summed E-state index contributed by atoms with van der Waals surface area (Å²) in [5.41, 5.74) is 0. The lowest BCUT2D eigenvalue weighted by molar-refractivity contribution is 0.632. The van der Waals surface area contributed by atoms with E-state index in [2.05, 4.69) is 32.4 Å². The molecule has 7 heteroatoms. The van der Waals surface area contributed by atoms with E-state index in [0.717, 1.165) is 49.7 Å². The SMILES string of the molecule is CN=C(NCC1CC1C)NC1CCN(c2ncccc2Cl)C1.I. The topological polar surface area (TPSA) is 52.6 Å². The van der Waals surface area contributed by atoms with E-state index in [-0.39, 0.29) is 24.0 Å². The molecule has 3 unspecified atom stereocenters. The number of rotatable bonds is 4. The molecule has 128 valence electrons. The summed E-state index contributed by atoms with van der Waals surface area (Å²) in [6.45, 7) is 5.18. The fourth-order valence-corrected chi connectivity index (χ4v) is 3.22. The minimum atomic E-state index is 0. The van der Waals surface area contributed by atoms with Crippen molar-refractivity contribution in [3.8, 4) is 0 Å². The van der Waals surface area contributed by atoms with Crippen molar-refractivity contribution in [3.63, 3.8) is 0 Å². The summed E-state index contributed by atoms with van der Waals surface area (Å²) < 4.78 is 0. The zero-order valence-corrected chi connectivity index (χ0v) is 16.7. The van der Waals surface area contributed by atoms with Gasteiger partial charge in [0, 0.05) is 38.9 Å². The van der Waals surface area contributed by atoms with Gasteiger partial charge in [-0.15, -0.1) is 24.0 Å². The number of guanidine groups is 1. The monoisotopic (exact) mass is 449 g/mol. The minimum absolute atomic E-state index is 0. The van der Waals surface area contributed by atoms with Gasteiger partial charge in [-0.05, 0) is 36.8 Å². The molecule has 1 aliphatic carbocycles. The first-order valence-corrected chi connectivity index (χ1v) is 8.38. The van der Waals surface area contributed by atoms with E-state index in [0.29, 0.717) is 11.1 Å². The third kappa shape index (κ3) is 4.86. The van der Waals surface area contributed by atoms with Gasteiger partial charge in [-0.1, -0.05) is 18.5 Å². The Bertz CT molecular complexity index is 553. The zero-order valence-electron chi connectivity index (χ0n) is 13.6. The second-order valence-electron chi connectivity index (χ2n) is 6.31. The Hall–Kier alpha value is -0.760. The lowest BCUT2D eigenvalue weighted by Crippen LogP contribution is -2.45. The molecule has 1 aromatic rings. The maximum absolute atomic E-state index is 6.23. The Morgan fingerprint density at radius 1 is 1.52 bits per heavy atom. The molecule has 0 spiro atoms. The van der Waals surface area contributed by atoms with Crippen LogP contribution in [-0.2, 0) is 0 Å². The quantitative estimate of drug-likeness (QED) is 0.422. The van der Waals surface area contributed by atoms with E-state index in [4.69, 9.17) is 11.6 Å². The fraction of sp³-hybridized carbons (Fsp3) is 0.625. The highest BCUT2D eigenvalue weighted by atomic mass is 127. The third-order valence-corrected chi connectivity index (χ3v) is 4.89. The first kappa shape index (κ1) is 18.6. The molecule has 0 aromatic carbocycles. The molecule has 0 bridgehead atoms. The average Bonchev–Trinajstić information content (AvgIpc) is 3.04. The van der Waals surface area contributed by atoms with Gasteiger partial charge in [0.15, 0.2) is 5.96 Å². The number of aromatic nitrogens is 1. The van der Waals surface area contributed by atoms with Gasteiger partial charge in [-0.25, -0.2) is 4.98 Å². The van der Waals surface area contributed by atoms with Crippen LogP contribution < -0.4 is 15.5 Å². The highest BCUT2D eigenvalue weighted by molar-refractivity contribution is 14.0. The lowest BCUT2D eigenvalue weighted by atomic mass is 10.3. The van der Waals surface area contributed by atoms with E-state index in [1.165, 1.54) is 6.42 Å². The summed E-state index contributed by atoms with van der Waals surface area (Å²) in [4.78, 5) is 10.9. The second kappa shape index (κ2) is 8.37. The predicted molar refractivity (Wildman–Crippen MR) is 107 cm³/mol. The van der Waals surface area contributed by atoms with Gasteiger partial charge < -0.3 is 15.5 Å². The van der Waals surface area contributed by atoms with E-state index in [1.54, 1.807) is 6.20 Å². The van der Waals surface area contributed by atoms with Gasteiger partial charge >= 0.3 is 0 Å². The smallest absolute Gasteiger partial charge is 0.191 e. The van der Waals surface area contributed by atoms with Crippen molar-refractivity contribution >= 4 is 47.4 Å². The molecule has 0 amide bonds. The van der Waals surface area contributed by atoms with Crippen LogP contribution in [0.3, 0.4) is 0 Å². The van der Waals surface area contributed by atoms with Crippen LogP contribution in [-0.4, -0.2) is 43.7 Å². The number of halogens is 2. The van der Waals surface area contributed by atoms with Crippen LogP contribution in [0.2, 0.25) is 5.02 Å². The van der Waals surface area contributed by atoms with Crippen molar-refractivity contribution in [2.75, 3.05) is 31.6 Å². The summed E-state index contributed by atoms with van der Waals surface area (Å²) in [6.07, 6.45) is 4.19. The standard InChI is InChI=1S/C16H24ClN5.HI/c1-11-8-12(11)9-20-16(18-2)21-13-5-7-22(10-13)15-14(17)4-3-6-19-15;/h3-4,6,11-13H,5,7-10H2,1-2H3,(H2,18,20,21);1H. The Labute approximate surface area is 160 Å². The van der Waals surface area contributed by atoms with Crippen LogP contribution in [0.25, 0.3) is 0 Å². The molecule has 5 nitrogen and oxygen atoms in total. The molecule has 2 aliphatic rings. The van der Waals surface area contributed by atoms with Crippen LogP contribution in [0.5, 0.6) is 0 Å². The predicted octanol–water partition coefficient (Wildman–Crippen LogP) is 2.75. The van der Waals surface area contributed by atoms with Crippen LogP contribution >= 0.6 is 35.6 Å². The van der Waals surface area contributed by atoms with Gasteiger partial charge in [-0.2, -0.15) is 0 Å². The molecule has 3 atom stereocenters. The van der Waals surface area contributed by atoms with Crippen LogP contribution in [0.4, 0.5) is 5.82 Å². The number of pyridine rings is 1. The van der Waals surface area contributed by atoms with Crippen LogP contribution in [0, 0.1) is 11.8 Å². The molecule has 2 N–H and O–H groups in total. The highest BCUT2D eigenvalue weighted by Crippen LogP contribution is 2.36. The summed E-state index contributed by atoms with van der Waals surface area (Å²) in [7, 11) is 1.83. The van der Waals surface area contributed by atoms with Crippen molar-refractivity contribution in [1.29, 1.82) is 0 Å². The number of aliphatic imine (C=N–C) groups is 1. The normalized spacial score (nSPS) is 26.7. The van der Waals surface area contributed by atoms with E-state index in [9.17, 15) is 0 Å². The number of nitrogens with zero attached hydrogens (tertiary/aromatic N) is 3. The molecular weight excluding hydrogens is 425 g/mol. The summed E-state index contributed by atoms with van der Waals surface area (Å²) in [5.74, 6) is 3.45. The van der Waals surface area contributed by atoms with Crippen molar-refractivity contribution < 1.29 is 0 Å². The summed E-state index contributed by atoms with van der Waals surface area (Å²) in [5, 5.41) is 7.66. The molecule has 3 rings (SSSR count). The first-order valence-electron chi connectivity index (χ1n) is 8.00. The maximum Gasteiger partial charge on any atom is 0.191 e. The first-order chi connectivity index (χ1) is 10.7. The van der Waals surface area contributed by atoms with Crippen LogP contribution in [0.15, 0.2) is 23.3 Å². The number of anilines is 1. The number of hydrogen-bond acceptors (Lipinski definition) is 3. The van der Waals surface area contributed by atoms with Gasteiger partial charge in [0.1, 0.15) is 5.82 Å². The van der Waals surface area contributed by atoms with Gasteiger partial charge in [0.05, 0.1) is 5.02 Å². The van der Waals surface area contributed by atoms with Gasteiger partial charge in [0.25, 0.3) is 0 Å². The third-order valence-electron chi connectivity index (χ3n) is 4.60. The molecule has 2 heterocycles. The Kier molecular flexibility index (Phi) is 6.76. The van der Waals surface area contributed by atoms with Gasteiger partial charge in [-0.3, -0.25) is 4.99 Å². The lowest BCUT2D eigenvalue weighted by Gasteiger charge is -2.20. The molecule has 1 aliphatic heterocycles. The number of nitrogens with one attached hydrogen (secondary N) is 2. The second-order valence-corrected chi connectivity index (χ2v) is 6.72. The average molecular weight is 450 g/mol. The molecule has 0 radical (unpaired) electrons. The minimum Gasteiger partial charge on any atom is -0.356 e. The van der Waals surface area contributed by atoms with Crippen molar-refractivity contribution in [1.82, 2.24) is 15.6 Å². The molecule has 1 aromatic heterocycles. The molecule has 1 saturated carbocycles. The van der Waals surface area contributed by atoms with Crippen molar-refractivity contribution in [2.24, 2.45) is 16.8 Å². The highest BCUT2D eigenvalue weighted by Gasteiger charge is 2.32. The van der Waals surface area contributed by atoms with E-state index >= 15 is 0 Å². The number of hydrogen-bond donors (Lipinski definition) is 2.